The first kappa shape index (κ1) is 12.3. The molecule has 0 radical (unpaired) electrons. The summed E-state index contributed by atoms with van der Waals surface area (Å²) in [6.45, 7) is 6.22. The highest BCUT2D eigenvalue weighted by Gasteiger charge is 2.43. The van der Waals surface area contributed by atoms with Crippen molar-refractivity contribution >= 4 is 0 Å². The molecule has 3 rings (SSSR count). The molecule has 0 unspecified atom stereocenters. The minimum atomic E-state index is -0.279. The molecule has 0 bridgehead atoms. The Morgan fingerprint density at radius 2 is 1.79 bits per heavy atom. The van der Waals surface area contributed by atoms with E-state index in [0.717, 1.165) is 30.1 Å². The highest BCUT2D eigenvalue weighted by Crippen LogP contribution is 2.41. The summed E-state index contributed by atoms with van der Waals surface area (Å²) in [4.78, 5) is 9.21. The van der Waals surface area contributed by atoms with Crippen molar-refractivity contribution in [2.45, 2.75) is 39.2 Å². The first-order valence-corrected chi connectivity index (χ1v) is 6.71. The van der Waals surface area contributed by atoms with Crippen LogP contribution in [0.2, 0.25) is 0 Å². The van der Waals surface area contributed by atoms with Gasteiger partial charge in [0.25, 0.3) is 0 Å². The van der Waals surface area contributed by atoms with E-state index in [1.807, 2.05) is 13.0 Å². The summed E-state index contributed by atoms with van der Waals surface area (Å²) in [5.41, 5.74) is 11.6. The van der Waals surface area contributed by atoms with Crippen molar-refractivity contribution in [1.82, 2.24) is 9.97 Å². The third-order valence-electron chi connectivity index (χ3n) is 3.76. The molecule has 0 spiro atoms. The first-order valence-electron chi connectivity index (χ1n) is 6.71. The van der Waals surface area contributed by atoms with Crippen LogP contribution in [0.1, 0.15) is 35.5 Å². The van der Waals surface area contributed by atoms with E-state index in [-0.39, 0.29) is 5.54 Å². The molecule has 2 N–H and O–H groups in total. The smallest absolute Gasteiger partial charge is 0.149 e. The Morgan fingerprint density at radius 1 is 1.05 bits per heavy atom. The van der Waals surface area contributed by atoms with Gasteiger partial charge in [0.2, 0.25) is 0 Å². The second kappa shape index (κ2) is 4.14. The number of aryl methyl sites for hydroxylation is 3. The predicted molar refractivity (Wildman–Crippen MR) is 76.8 cm³/mol. The van der Waals surface area contributed by atoms with Gasteiger partial charge in [0.15, 0.2) is 0 Å². The van der Waals surface area contributed by atoms with Crippen LogP contribution in [-0.4, -0.2) is 9.97 Å². The molecule has 2 aromatic rings. The van der Waals surface area contributed by atoms with E-state index in [1.54, 1.807) is 0 Å². The van der Waals surface area contributed by atoms with Crippen molar-refractivity contribution in [3.63, 3.8) is 0 Å². The fourth-order valence-electron chi connectivity index (χ4n) is 2.30. The number of hydrogen-bond acceptors (Lipinski definition) is 3. The molecule has 1 fully saturated rings. The number of nitrogens with two attached hydrogens (primary N) is 1. The number of rotatable bonds is 2. The zero-order chi connectivity index (χ0) is 13.6. The topological polar surface area (TPSA) is 51.8 Å². The molecule has 0 aliphatic heterocycles. The summed E-state index contributed by atoms with van der Waals surface area (Å²) >= 11 is 0. The molecule has 1 heterocycles. The van der Waals surface area contributed by atoms with Crippen LogP contribution in [0.15, 0.2) is 24.3 Å². The maximum absolute atomic E-state index is 6.23. The third kappa shape index (κ3) is 2.26. The van der Waals surface area contributed by atoms with Gasteiger partial charge in [-0.25, -0.2) is 9.97 Å². The second-order valence-electron chi connectivity index (χ2n) is 5.69. The van der Waals surface area contributed by atoms with Crippen LogP contribution in [0, 0.1) is 20.8 Å². The summed E-state index contributed by atoms with van der Waals surface area (Å²) < 4.78 is 0. The number of nitrogens with zero attached hydrogens (tertiary/aromatic N) is 2. The first-order chi connectivity index (χ1) is 8.98. The molecule has 0 amide bonds. The largest absolute Gasteiger partial charge is 0.319 e. The Morgan fingerprint density at radius 3 is 2.47 bits per heavy atom. The molecule has 1 aliphatic carbocycles. The standard InChI is InChI=1S/C16H19N3/c1-10-4-5-11(2)13(8-10)14-9-12(3)18-15(19-14)16(17)6-7-16/h4-5,8-9H,6-7,17H2,1-3H3. The maximum Gasteiger partial charge on any atom is 0.149 e. The van der Waals surface area contributed by atoms with Crippen LogP contribution < -0.4 is 5.73 Å². The summed E-state index contributed by atoms with van der Waals surface area (Å²) in [5, 5.41) is 0. The average Bonchev–Trinajstić information content (AvgIpc) is 3.11. The Kier molecular flexibility index (Phi) is 2.68. The van der Waals surface area contributed by atoms with Crippen LogP contribution in [0.5, 0.6) is 0 Å². The van der Waals surface area contributed by atoms with Crippen LogP contribution in [0.25, 0.3) is 11.3 Å². The van der Waals surface area contributed by atoms with Crippen molar-refractivity contribution < 1.29 is 0 Å². The minimum Gasteiger partial charge on any atom is -0.319 e. The molecule has 3 heteroatoms. The van der Waals surface area contributed by atoms with E-state index in [2.05, 4.69) is 37.0 Å². The van der Waals surface area contributed by atoms with Gasteiger partial charge in [-0.15, -0.1) is 0 Å². The Labute approximate surface area is 113 Å². The van der Waals surface area contributed by atoms with Crippen LogP contribution in [0.4, 0.5) is 0 Å². The lowest BCUT2D eigenvalue weighted by atomic mass is 10.0. The summed E-state index contributed by atoms with van der Waals surface area (Å²) in [6.07, 6.45) is 1.98. The van der Waals surface area contributed by atoms with Crippen LogP contribution >= 0.6 is 0 Å². The monoisotopic (exact) mass is 253 g/mol. The van der Waals surface area contributed by atoms with E-state index in [9.17, 15) is 0 Å². The minimum absolute atomic E-state index is 0.279. The molecule has 98 valence electrons. The lowest BCUT2D eigenvalue weighted by Gasteiger charge is -2.12. The molecule has 0 atom stereocenters. The van der Waals surface area contributed by atoms with Crippen molar-refractivity contribution in [2.24, 2.45) is 5.73 Å². The van der Waals surface area contributed by atoms with E-state index >= 15 is 0 Å². The number of hydrogen-bond donors (Lipinski definition) is 1. The molecule has 19 heavy (non-hydrogen) atoms. The predicted octanol–water partition coefficient (Wildman–Crippen LogP) is 3.02. The molecule has 1 saturated carbocycles. The van der Waals surface area contributed by atoms with Gasteiger partial charge in [0, 0.05) is 11.3 Å². The maximum atomic E-state index is 6.23. The highest BCUT2D eigenvalue weighted by molar-refractivity contribution is 5.64. The fraction of sp³-hybridized carbons (Fsp3) is 0.375. The molecule has 3 nitrogen and oxygen atoms in total. The van der Waals surface area contributed by atoms with Gasteiger partial charge in [-0.2, -0.15) is 0 Å². The molecular weight excluding hydrogens is 234 g/mol. The lowest BCUT2D eigenvalue weighted by Crippen LogP contribution is -2.22. The van der Waals surface area contributed by atoms with Crippen molar-refractivity contribution in [3.8, 4) is 11.3 Å². The second-order valence-corrected chi connectivity index (χ2v) is 5.69. The molecule has 1 aromatic heterocycles. The van der Waals surface area contributed by atoms with E-state index < -0.39 is 0 Å². The number of benzene rings is 1. The summed E-state index contributed by atoms with van der Waals surface area (Å²) in [5.74, 6) is 0.795. The zero-order valence-corrected chi connectivity index (χ0v) is 11.7. The van der Waals surface area contributed by atoms with E-state index in [1.165, 1.54) is 16.7 Å². The Bertz CT molecular complexity index is 642. The quantitative estimate of drug-likeness (QED) is 0.895. The van der Waals surface area contributed by atoms with Crippen molar-refractivity contribution in [1.29, 1.82) is 0 Å². The van der Waals surface area contributed by atoms with Crippen molar-refractivity contribution in [2.75, 3.05) is 0 Å². The molecule has 0 saturated heterocycles. The zero-order valence-electron chi connectivity index (χ0n) is 11.7. The van der Waals surface area contributed by atoms with E-state index in [4.69, 9.17) is 10.7 Å². The molecule has 1 aromatic carbocycles. The van der Waals surface area contributed by atoms with Gasteiger partial charge in [0.05, 0.1) is 11.2 Å². The van der Waals surface area contributed by atoms with Gasteiger partial charge in [-0.1, -0.05) is 17.7 Å². The SMILES string of the molecule is Cc1ccc(C)c(-c2cc(C)nc(C3(N)CC3)n2)c1. The lowest BCUT2D eigenvalue weighted by molar-refractivity contribution is 0.669. The third-order valence-corrected chi connectivity index (χ3v) is 3.76. The fourth-order valence-corrected chi connectivity index (χ4v) is 2.30. The van der Waals surface area contributed by atoms with Gasteiger partial charge < -0.3 is 5.73 Å². The Hall–Kier alpha value is -1.74. The van der Waals surface area contributed by atoms with Crippen LogP contribution in [0.3, 0.4) is 0 Å². The highest BCUT2D eigenvalue weighted by atomic mass is 15.0. The van der Waals surface area contributed by atoms with Gasteiger partial charge in [0.1, 0.15) is 5.82 Å². The Balaban J connectivity index is 2.14. The van der Waals surface area contributed by atoms with E-state index in [0.29, 0.717) is 0 Å². The summed E-state index contributed by atoms with van der Waals surface area (Å²) in [6, 6.07) is 8.48. The van der Waals surface area contributed by atoms with Gasteiger partial charge in [-0.3, -0.25) is 0 Å². The number of aromatic nitrogens is 2. The normalized spacial score (nSPS) is 16.4. The van der Waals surface area contributed by atoms with Crippen molar-refractivity contribution in [3.05, 3.63) is 46.9 Å². The molecular formula is C16H19N3. The molecule has 1 aliphatic rings. The van der Waals surface area contributed by atoms with Crippen LogP contribution in [-0.2, 0) is 5.54 Å². The van der Waals surface area contributed by atoms with Gasteiger partial charge in [-0.05, 0) is 51.3 Å². The average molecular weight is 253 g/mol. The van der Waals surface area contributed by atoms with Gasteiger partial charge >= 0.3 is 0 Å². The summed E-state index contributed by atoms with van der Waals surface area (Å²) in [7, 11) is 0.